The Labute approximate surface area is 217 Å². The lowest BCUT2D eigenvalue weighted by atomic mass is 10.1. The molecular formula is C27H36N6O2S. The number of thioether (sulfide) groups is 1. The second-order valence-corrected chi connectivity index (χ2v) is 10.3. The molecule has 3 heterocycles. The predicted molar refractivity (Wildman–Crippen MR) is 145 cm³/mol. The van der Waals surface area contributed by atoms with Crippen molar-refractivity contribution in [3.05, 3.63) is 70.6 Å². The van der Waals surface area contributed by atoms with E-state index >= 15 is 0 Å². The first kappa shape index (κ1) is 26.0. The molecule has 0 aliphatic carbocycles. The summed E-state index contributed by atoms with van der Waals surface area (Å²) in [5.41, 5.74) is 9.64. The van der Waals surface area contributed by atoms with Gasteiger partial charge in [-0.3, -0.25) is 14.6 Å². The van der Waals surface area contributed by atoms with Crippen molar-refractivity contribution in [3.8, 4) is 0 Å². The van der Waals surface area contributed by atoms with Gasteiger partial charge in [0.25, 0.3) is 5.91 Å². The number of hydrogen-bond acceptors (Lipinski definition) is 7. The van der Waals surface area contributed by atoms with Gasteiger partial charge in [-0.1, -0.05) is 30.0 Å². The molecule has 2 aliphatic rings. The quantitative estimate of drug-likeness (QED) is 0.401. The number of benzene rings is 1. The summed E-state index contributed by atoms with van der Waals surface area (Å²) >= 11 is 1.35. The van der Waals surface area contributed by atoms with Crippen LogP contribution in [-0.2, 0) is 22.4 Å². The van der Waals surface area contributed by atoms with Gasteiger partial charge in [-0.25, -0.2) is 0 Å². The van der Waals surface area contributed by atoms with Crippen molar-refractivity contribution in [2.24, 2.45) is 5.73 Å². The van der Waals surface area contributed by atoms with Crippen LogP contribution in [0.2, 0.25) is 0 Å². The van der Waals surface area contributed by atoms with E-state index in [0.29, 0.717) is 31.1 Å². The average molecular weight is 509 g/mol. The van der Waals surface area contributed by atoms with Crippen molar-refractivity contribution < 1.29 is 9.59 Å². The summed E-state index contributed by atoms with van der Waals surface area (Å²) in [4.78, 5) is 33.9. The number of nitrogens with zero attached hydrogens (tertiary/aromatic N) is 3. The van der Waals surface area contributed by atoms with E-state index in [2.05, 4.69) is 44.8 Å². The molecule has 2 fully saturated rings. The molecule has 2 saturated heterocycles. The standard InChI is InChI=1S/C27H36N6O2S/c1-2-33-26(35)23(19-31-22-9-7-20(8-10-22)12-17-32-15-3-4-16-32)36-27(33)24(28)25(34)30-14-11-21-6-5-13-29-18-21/h5-10,13,18,23,31H,2-4,11-12,14-17,19,28H2,1H3,(H,30,34)/b27-24+/t23-/m1/s1. The summed E-state index contributed by atoms with van der Waals surface area (Å²) < 4.78 is 0. The van der Waals surface area contributed by atoms with Crippen LogP contribution in [-0.4, -0.2) is 71.1 Å². The number of nitrogens with two attached hydrogens (primary N) is 1. The molecule has 0 saturated carbocycles. The number of amides is 2. The van der Waals surface area contributed by atoms with E-state index in [1.54, 1.807) is 17.3 Å². The molecule has 0 radical (unpaired) electrons. The molecule has 2 aliphatic heterocycles. The smallest absolute Gasteiger partial charge is 0.269 e. The Morgan fingerprint density at radius 2 is 1.92 bits per heavy atom. The van der Waals surface area contributed by atoms with Crippen molar-refractivity contribution in [3.63, 3.8) is 0 Å². The number of carbonyl (C=O) groups excluding carboxylic acids is 2. The van der Waals surface area contributed by atoms with Gasteiger partial charge in [0.2, 0.25) is 5.91 Å². The van der Waals surface area contributed by atoms with Crippen LogP contribution in [0.15, 0.2) is 59.5 Å². The van der Waals surface area contributed by atoms with E-state index in [1.165, 1.54) is 43.3 Å². The van der Waals surface area contributed by atoms with E-state index < -0.39 is 0 Å². The normalized spacial score (nSPS) is 19.5. The second kappa shape index (κ2) is 12.8. The lowest BCUT2D eigenvalue weighted by Gasteiger charge is -2.16. The van der Waals surface area contributed by atoms with Gasteiger partial charge in [0.15, 0.2) is 0 Å². The van der Waals surface area contributed by atoms with Crippen molar-refractivity contribution in [1.82, 2.24) is 20.1 Å². The summed E-state index contributed by atoms with van der Waals surface area (Å²) in [7, 11) is 0. The van der Waals surface area contributed by atoms with Gasteiger partial charge in [0.05, 0.1) is 0 Å². The average Bonchev–Trinajstić information content (AvgIpc) is 3.54. The number of pyridine rings is 1. The Bertz CT molecular complexity index is 1050. The number of nitrogens with one attached hydrogen (secondary N) is 2. The molecule has 4 rings (SSSR count). The molecule has 192 valence electrons. The molecule has 8 nitrogen and oxygen atoms in total. The number of rotatable bonds is 11. The maximum Gasteiger partial charge on any atom is 0.269 e. The highest BCUT2D eigenvalue weighted by Crippen LogP contribution is 2.36. The van der Waals surface area contributed by atoms with Gasteiger partial charge in [0.1, 0.15) is 16.0 Å². The topological polar surface area (TPSA) is 104 Å². The summed E-state index contributed by atoms with van der Waals surface area (Å²) in [6.45, 7) is 6.82. The zero-order valence-corrected chi connectivity index (χ0v) is 21.7. The maximum atomic E-state index is 13.0. The lowest BCUT2D eigenvalue weighted by molar-refractivity contribution is -0.127. The van der Waals surface area contributed by atoms with Gasteiger partial charge >= 0.3 is 0 Å². The van der Waals surface area contributed by atoms with Crippen molar-refractivity contribution in [2.45, 2.75) is 37.9 Å². The van der Waals surface area contributed by atoms with Gasteiger partial charge in [-0.15, -0.1) is 0 Å². The minimum absolute atomic E-state index is 0.0293. The van der Waals surface area contributed by atoms with E-state index in [0.717, 1.165) is 24.2 Å². The fourth-order valence-electron chi connectivity index (χ4n) is 4.51. The first-order chi connectivity index (χ1) is 17.5. The minimum atomic E-state index is -0.356. The SMILES string of the molecule is CCN1C(=O)[C@@H](CNc2ccc(CCN3CCCC3)cc2)S/C1=C(/N)C(=O)NCCc1cccnc1. The van der Waals surface area contributed by atoms with Gasteiger partial charge in [-0.05, 0) is 75.0 Å². The molecule has 36 heavy (non-hydrogen) atoms. The van der Waals surface area contributed by atoms with E-state index in [4.69, 9.17) is 5.73 Å². The summed E-state index contributed by atoms with van der Waals surface area (Å²) in [6.07, 6.45) is 7.84. The Balaban J connectivity index is 1.28. The second-order valence-electron chi connectivity index (χ2n) is 9.15. The maximum absolute atomic E-state index is 13.0. The number of carbonyl (C=O) groups is 2. The third-order valence-electron chi connectivity index (χ3n) is 6.61. The number of aromatic nitrogens is 1. The molecule has 9 heteroatoms. The van der Waals surface area contributed by atoms with Crippen LogP contribution in [0.5, 0.6) is 0 Å². The molecule has 0 unspecified atom stereocenters. The fraction of sp³-hybridized carbons (Fsp3) is 0.444. The highest BCUT2D eigenvalue weighted by molar-refractivity contribution is 8.04. The van der Waals surface area contributed by atoms with E-state index in [1.807, 2.05) is 19.1 Å². The molecule has 4 N–H and O–H groups in total. The van der Waals surface area contributed by atoms with Gasteiger partial charge in [-0.2, -0.15) is 0 Å². The van der Waals surface area contributed by atoms with Crippen LogP contribution in [0.1, 0.15) is 30.9 Å². The monoisotopic (exact) mass is 508 g/mol. The Morgan fingerprint density at radius 1 is 1.14 bits per heavy atom. The zero-order valence-electron chi connectivity index (χ0n) is 20.9. The van der Waals surface area contributed by atoms with Crippen molar-refractivity contribution >= 4 is 29.3 Å². The van der Waals surface area contributed by atoms with Crippen molar-refractivity contribution in [2.75, 3.05) is 44.6 Å². The predicted octanol–water partition coefficient (Wildman–Crippen LogP) is 2.58. The molecule has 0 spiro atoms. The first-order valence-corrected chi connectivity index (χ1v) is 13.6. The third kappa shape index (κ3) is 6.79. The third-order valence-corrected chi connectivity index (χ3v) is 7.93. The molecule has 2 amide bonds. The van der Waals surface area contributed by atoms with Crippen LogP contribution in [0.25, 0.3) is 0 Å². The minimum Gasteiger partial charge on any atom is -0.392 e. The van der Waals surface area contributed by atoms with Gasteiger partial charge < -0.3 is 26.2 Å². The number of hydrogen-bond donors (Lipinski definition) is 3. The summed E-state index contributed by atoms with van der Waals surface area (Å²) in [5, 5.41) is 6.43. The zero-order chi connectivity index (χ0) is 25.3. The van der Waals surface area contributed by atoms with E-state index in [-0.39, 0.29) is 22.8 Å². The molecule has 1 atom stereocenters. The molecule has 2 aromatic rings. The lowest BCUT2D eigenvalue weighted by Crippen LogP contribution is -2.35. The van der Waals surface area contributed by atoms with Crippen LogP contribution >= 0.6 is 11.8 Å². The van der Waals surface area contributed by atoms with Crippen LogP contribution < -0.4 is 16.4 Å². The van der Waals surface area contributed by atoms with Crippen LogP contribution in [0.4, 0.5) is 5.69 Å². The van der Waals surface area contributed by atoms with Crippen molar-refractivity contribution in [1.29, 1.82) is 0 Å². The van der Waals surface area contributed by atoms with Crippen LogP contribution in [0, 0.1) is 0 Å². The Kier molecular flexibility index (Phi) is 9.24. The Morgan fingerprint density at radius 3 is 2.61 bits per heavy atom. The molecular weight excluding hydrogens is 472 g/mol. The van der Waals surface area contributed by atoms with Gasteiger partial charge in [0, 0.05) is 44.3 Å². The summed E-state index contributed by atoms with van der Waals surface area (Å²) in [6, 6.07) is 12.3. The fourth-order valence-corrected chi connectivity index (χ4v) is 5.74. The largest absolute Gasteiger partial charge is 0.392 e. The number of likely N-dealkylation sites (tertiary alicyclic amines) is 1. The highest BCUT2D eigenvalue weighted by Gasteiger charge is 2.38. The van der Waals surface area contributed by atoms with E-state index in [9.17, 15) is 9.59 Å². The first-order valence-electron chi connectivity index (χ1n) is 12.7. The summed E-state index contributed by atoms with van der Waals surface area (Å²) in [5.74, 6) is -0.385. The Hall–Kier alpha value is -3.04. The number of anilines is 1. The molecule has 0 bridgehead atoms. The highest BCUT2D eigenvalue weighted by atomic mass is 32.2. The molecule has 1 aromatic heterocycles. The molecule has 1 aromatic carbocycles. The van der Waals surface area contributed by atoms with Crippen LogP contribution in [0.3, 0.4) is 0 Å².